The van der Waals surface area contributed by atoms with Gasteiger partial charge in [-0.1, -0.05) is 69.1 Å². The van der Waals surface area contributed by atoms with Crippen LogP contribution in [0.5, 0.6) is 0 Å². The number of aliphatic hydroxyl groups excluding tert-OH is 1. The predicted molar refractivity (Wildman–Crippen MR) is 88.3 cm³/mol. The number of carboxylic acid groups (broad SMARTS) is 1. The zero-order chi connectivity index (χ0) is 15.8. The van der Waals surface area contributed by atoms with Crippen molar-refractivity contribution in [2.75, 3.05) is 0 Å². The van der Waals surface area contributed by atoms with E-state index in [0.29, 0.717) is 6.42 Å². The van der Waals surface area contributed by atoms with Crippen LogP contribution in [0.1, 0.15) is 64.7 Å². The predicted octanol–water partition coefficient (Wildman–Crippen LogP) is 4.63. The van der Waals surface area contributed by atoms with Crippen LogP contribution in [-0.4, -0.2) is 22.3 Å². The van der Waals surface area contributed by atoms with Crippen LogP contribution in [0.15, 0.2) is 36.5 Å². The SMILES string of the molecule is CCCC=CC(O)C=CC=CCCCCCCCC(=O)O. The summed E-state index contributed by atoms with van der Waals surface area (Å²) in [6.45, 7) is 2.11. The van der Waals surface area contributed by atoms with Crippen molar-refractivity contribution in [2.45, 2.75) is 70.8 Å². The Kier molecular flexibility index (Phi) is 14.1. The maximum Gasteiger partial charge on any atom is 0.303 e. The summed E-state index contributed by atoms with van der Waals surface area (Å²) < 4.78 is 0. The number of hydrogen-bond donors (Lipinski definition) is 2. The molecule has 1 unspecified atom stereocenters. The van der Waals surface area contributed by atoms with Crippen molar-refractivity contribution in [1.82, 2.24) is 0 Å². The van der Waals surface area contributed by atoms with Crippen LogP contribution in [0.2, 0.25) is 0 Å². The van der Waals surface area contributed by atoms with Gasteiger partial charge in [0, 0.05) is 6.42 Å². The molecule has 3 heteroatoms. The van der Waals surface area contributed by atoms with Gasteiger partial charge >= 0.3 is 5.97 Å². The normalized spacial score (nSPS) is 13.6. The number of hydrogen-bond acceptors (Lipinski definition) is 2. The quantitative estimate of drug-likeness (QED) is 0.296. The van der Waals surface area contributed by atoms with Crippen molar-refractivity contribution < 1.29 is 15.0 Å². The van der Waals surface area contributed by atoms with Gasteiger partial charge in [-0.05, 0) is 25.7 Å². The minimum absolute atomic E-state index is 0.291. The van der Waals surface area contributed by atoms with E-state index >= 15 is 0 Å². The molecule has 3 nitrogen and oxygen atoms in total. The molecule has 21 heavy (non-hydrogen) atoms. The first-order chi connectivity index (χ1) is 10.2. The zero-order valence-electron chi connectivity index (χ0n) is 13.2. The first-order valence-corrected chi connectivity index (χ1v) is 8.06. The van der Waals surface area contributed by atoms with E-state index in [4.69, 9.17) is 5.11 Å². The van der Waals surface area contributed by atoms with E-state index in [1.165, 1.54) is 0 Å². The first kappa shape index (κ1) is 19.7. The Labute approximate surface area is 129 Å². The molecule has 0 heterocycles. The second kappa shape index (κ2) is 15.0. The Hall–Kier alpha value is -1.35. The molecule has 0 aliphatic heterocycles. The van der Waals surface area contributed by atoms with E-state index in [9.17, 15) is 9.90 Å². The summed E-state index contributed by atoms with van der Waals surface area (Å²) in [5.74, 6) is -0.698. The Morgan fingerprint density at radius 2 is 1.67 bits per heavy atom. The third kappa shape index (κ3) is 16.6. The summed E-state index contributed by atoms with van der Waals surface area (Å²) in [5, 5.41) is 18.1. The maximum absolute atomic E-state index is 10.3. The van der Waals surface area contributed by atoms with Gasteiger partial charge in [0.05, 0.1) is 6.10 Å². The Bertz CT molecular complexity index is 329. The molecular weight excluding hydrogens is 264 g/mol. The molecule has 0 aromatic heterocycles. The molecule has 0 radical (unpaired) electrons. The lowest BCUT2D eigenvalue weighted by Gasteiger charge is -1.98. The van der Waals surface area contributed by atoms with Crippen LogP contribution in [0.3, 0.4) is 0 Å². The second-order valence-electron chi connectivity index (χ2n) is 5.22. The average molecular weight is 294 g/mol. The molecule has 0 bridgehead atoms. The molecule has 1 atom stereocenters. The summed E-state index contributed by atoms with van der Waals surface area (Å²) in [6.07, 6.45) is 19.7. The summed E-state index contributed by atoms with van der Waals surface area (Å²) in [5.41, 5.74) is 0. The largest absolute Gasteiger partial charge is 0.481 e. The number of unbranched alkanes of at least 4 members (excludes halogenated alkanes) is 6. The zero-order valence-corrected chi connectivity index (χ0v) is 13.2. The highest BCUT2D eigenvalue weighted by atomic mass is 16.4. The highest BCUT2D eigenvalue weighted by Gasteiger charge is 1.95. The number of allylic oxidation sites excluding steroid dienone is 4. The number of carbonyl (C=O) groups is 1. The fourth-order valence-electron chi connectivity index (χ4n) is 1.89. The molecule has 0 aliphatic carbocycles. The van der Waals surface area contributed by atoms with Gasteiger partial charge in [-0.3, -0.25) is 4.79 Å². The highest BCUT2D eigenvalue weighted by molar-refractivity contribution is 5.66. The van der Waals surface area contributed by atoms with Crippen molar-refractivity contribution in [3.05, 3.63) is 36.5 Å². The summed E-state index contributed by atoms with van der Waals surface area (Å²) in [6, 6.07) is 0. The molecule has 0 aliphatic rings. The van der Waals surface area contributed by atoms with Crippen molar-refractivity contribution in [1.29, 1.82) is 0 Å². The standard InChI is InChI=1S/C18H30O3/c1-2-3-11-14-17(19)15-12-9-7-5-4-6-8-10-13-16-18(20)21/h7,9,11-12,14-15,17,19H,2-6,8,10,13,16H2,1H3,(H,20,21). The van der Waals surface area contributed by atoms with Crippen molar-refractivity contribution in [2.24, 2.45) is 0 Å². The lowest BCUT2D eigenvalue weighted by Crippen LogP contribution is -1.94. The second-order valence-corrected chi connectivity index (χ2v) is 5.22. The topological polar surface area (TPSA) is 57.5 Å². The summed E-state index contributed by atoms with van der Waals surface area (Å²) in [4.78, 5) is 10.3. The van der Waals surface area contributed by atoms with E-state index < -0.39 is 12.1 Å². The van der Waals surface area contributed by atoms with Crippen LogP contribution < -0.4 is 0 Å². The van der Waals surface area contributed by atoms with Gasteiger partial charge in [-0.15, -0.1) is 0 Å². The molecule has 0 spiro atoms. The van der Waals surface area contributed by atoms with Crippen LogP contribution in [-0.2, 0) is 4.79 Å². The molecule has 0 saturated heterocycles. The van der Waals surface area contributed by atoms with E-state index in [1.807, 2.05) is 24.3 Å². The minimum atomic E-state index is -0.698. The third-order valence-electron chi connectivity index (χ3n) is 3.11. The molecule has 2 N–H and O–H groups in total. The smallest absolute Gasteiger partial charge is 0.303 e. The number of rotatable bonds is 13. The van der Waals surface area contributed by atoms with Gasteiger partial charge in [0.25, 0.3) is 0 Å². The fourth-order valence-corrected chi connectivity index (χ4v) is 1.89. The highest BCUT2D eigenvalue weighted by Crippen LogP contribution is 2.07. The van der Waals surface area contributed by atoms with E-state index in [0.717, 1.165) is 51.4 Å². The Morgan fingerprint density at radius 3 is 2.38 bits per heavy atom. The molecule has 0 aromatic rings. The third-order valence-corrected chi connectivity index (χ3v) is 3.11. The van der Waals surface area contributed by atoms with Crippen molar-refractivity contribution >= 4 is 5.97 Å². The molecule has 120 valence electrons. The number of aliphatic carboxylic acids is 1. The van der Waals surface area contributed by atoms with Crippen LogP contribution in [0.25, 0.3) is 0 Å². The van der Waals surface area contributed by atoms with Gasteiger partial charge in [-0.25, -0.2) is 0 Å². The maximum atomic E-state index is 10.3. The number of aliphatic hydroxyl groups is 1. The van der Waals surface area contributed by atoms with Crippen molar-refractivity contribution in [3.8, 4) is 0 Å². The van der Waals surface area contributed by atoms with E-state index in [-0.39, 0.29) is 0 Å². The molecule has 0 rings (SSSR count). The Balaban J connectivity index is 3.45. The van der Waals surface area contributed by atoms with Crippen LogP contribution in [0, 0.1) is 0 Å². The fraction of sp³-hybridized carbons (Fsp3) is 0.611. The van der Waals surface area contributed by atoms with Gasteiger partial charge < -0.3 is 10.2 Å². The van der Waals surface area contributed by atoms with Gasteiger partial charge in [0.1, 0.15) is 0 Å². The summed E-state index contributed by atoms with van der Waals surface area (Å²) >= 11 is 0. The van der Waals surface area contributed by atoms with Crippen molar-refractivity contribution in [3.63, 3.8) is 0 Å². The first-order valence-electron chi connectivity index (χ1n) is 8.06. The minimum Gasteiger partial charge on any atom is -0.481 e. The number of carboxylic acids is 1. The lowest BCUT2D eigenvalue weighted by molar-refractivity contribution is -0.137. The molecule has 0 amide bonds. The molecule has 0 fully saturated rings. The molecule has 0 aromatic carbocycles. The van der Waals surface area contributed by atoms with E-state index in [1.54, 1.807) is 6.08 Å². The molecular formula is C18H30O3. The summed E-state index contributed by atoms with van der Waals surface area (Å²) in [7, 11) is 0. The van der Waals surface area contributed by atoms with Crippen LogP contribution >= 0.6 is 0 Å². The van der Waals surface area contributed by atoms with Gasteiger partial charge in [-0.2, -0.15) is 0 Å². The average Bonchev–Trinajstić information content (AvgIpc) is 2.44. The Morgan fingerprint density at radius 1 is 0.952 bits per heavy atom. The lowest BCUT2D eigenvalue weighted by atomic mass is 10.1. The van der Waals surface area contributed by atoms with Crippen LogP contribution in [0.4, 0.5) is 0 Å². The monoisotopic (exact) mass is 294 g/mol. The van der Waals surface area contributed by atoms with E-state index in [2.05, 4.69) is 13.0 Å². The van der Waals surface area contributed by atoms with Gasteiger partial charge in [0.2, 0.25) is 0 Å². The van der Waals surface area contributed by atoms with Gasteiger partial charge in [0.15, 0.2) is 0 Å². The molecule has 0 saturated carbocycles.